The van der Waals surface area contributed by atoms with Gasteiger partial charge in [-0.1, -0.05) is 17.7 Å². The highest BCUT2D eigenvalue weighted by Crippen LogP contribution is 2.17. The third-order valence-corrected chi connectivity index (χ3v) is 3.80. The molecule has 3 rings (SSSR count). The smallest absolute Gasteiger partial charge is 0.261 e. The number of anilines is 1. The number of benzene rings is 2. The summed E-state index contributed by atoms with van der Waals surface area (Å²) in [6, 6.07) is 10.7. The molecule has 0 saturated carbocycles. The second kappa shape index (κ2) is 5.89. The number of amides is 1. The highest BCUT2D eigenvalue weighted by atomic mass is 35.5. The lowest BCUT2D eigenvalue weighted by Crippen LogP contribution is -2.22. The van der Waals surface area contributed by atoms with Gasteiger partial charge in [0.25, 0.3) is 5.91 Å². The van der Waals surface area contributed by atoms with Crippen LogP contribution in [0.15, 0.2) is 47.4 Å². The van der Waals surface area contributed by atoms with E-state index < -0.39 is 5.91 Å². The number of hydrogen-bond acceptors (Lipinski definition) is 2. The van der Waals surface area contributed by atoms with Crippen LogP contribution >= 0.6 is 11.6 Å². The van der Waals surface area contributed by atoms with E-state index in [-0.39, 0.29) is 11.0 Å². The number of carbonyl (C=O) groups is 1. The Morgan fingerprint density at radius 1 is 1.09 bits per heavy atom. The summed E-state index contributed by atoms with van der Waals surface area (Å²) in [5.41, 5.74) is 3.10. The van der Waals surface area contributed by atoms with Crippen molar-refractivity contribution in [1.29, 1.82) is 0 Å². The molecule has 0 radical (unpaired) electrons. The lowest BCUT2D eigenvalue weighted by atomic mass is 10.1. The Hall–Kier alpha value is -2.59. The molecular formula is C18H15ClN2O2. The van der Waals surface area contributed by atoms with Crippen molar-refractivity contribution in [2.24, 2.45) is 0 Å². The molecule has 3 aromatic rings. The van der Waals surface area contributed by atoms with Gasteiger partial charge < -0.3 is 10.3 Å². The molecule has 1 heterocycles. The predicted molar refractivity (Wildman–Crippen MR) is 93.4 cm³/mol. The van der Waals surface area contributed by atoms with E-state index in [1.54, 1.807) is 18.2 Å². The molecule has 0 spiro atoms. The third kappa shape index (κ3) is 3.12. The molecule has 1 aromatic heterocycles. The van der Waals surface area contributed by atoms with E-state index in [1.807, 2.05) is 32.0 Å². The van der Waals surface area contributed by atoms with Gasteiger partial charge in [-0.25, -0.2) is 0 Å². The maximum Gasteiger partial charge on any atom is 0.261 e. The van der Waals surface area contributed by atoms with Crippen LogP contribution in [0.3, 0.4) is 0 Å². The fourth-order valence-electron chi connectivity index (χ4n) is 2.60. The van der Waals surface area contributed by atoms with Crippen LogP contribution in [0, 0.1) is 13.8 Å². The summed E-state index contributed by atoms with van der Waals surface area (Å²) < 4.78 is 0. The number of hydrogen-bond donors (Lipinski definition) is 2. The molecule has 0 aliphatic carbocycles. The molecule has 1 amide bonds. The van der Waals surface area contributed by atoms with Gasteiger partial charge in [-0.05, 0) is 55.3 Å². The van der Waals surface area contributed by atoms with Crippen LogP contribution in [-0.4, -0.2) is 10.9 Å². The van der Waals surface area contributed by atoms with E-state index in [9.17, 15) is 9.59 Å². The lowest BCUT2D eigenvalue weighted by Gasteiger charge is -2.08. The zero-order valence-corrected chi connectivity index (χ0v) is 13.5. The first-order valence-corrected chi connectivity index (χ1v) is 7.52. The number of aromatic nitrogens is 1. The number of aryl methyl sites for hydroxylation is 2. The molecule has 0 saturated heterocycles. The van der Waals surface area contributed by atoms with Gasteiger partial charge >= 0.3 is 0 Å². The first-order valence-electron chi connectivity index (χ1n) is 7.14. The fourth-order valence-corrected chi connectivity index (χ4v) is 2.78. The number of fused-ring (bicyclic) bond motifs is 1. The molecule has 23 heavy (non-hydrogen) atoms. The zero-order chi connectivity index (χ0) is 16.6. The summed E-state index contributed by atoms with van der Waals surface area (Å²) in [5.74, 6) is -0.446. The largest absolute Gasteiger partial charge is 0.360 e. The van der Waals surface area contributed by atoms with Crippen LogP contribution in [0.2, 0.25) is 5.02 Å². The van der Waals surface area contributed by atoms with Gasteiger partial charge in [0.05, 0.1) is 0 Å². The molecule has 2 aromatic carbocycles. The standard InChI is InChI=1S/C18H15ClN2O2/c1-10-5-11(2)7-13(6-10)21-18(23)15-9-20-16-4-3-12(19)8-14(16)17(15)22/h3-9H,1-2H3,(H,20,22)(H,21,23). The second-order valence-electron chi connectivity index (χ2n) is 5.55. The highest BCUT2D eigenvalue weighted by molar-refractivity contribution is 6.31. The van der Waals surface area contributed by atoms with Gasteiger partial charge in [0.1, 0.15) is 5.56 Å². The van der Waals surface area contributed by atoms with Crippen molar-refractivity contribution in [3.8, 4) is 0 Å². The number of pyridine rings is 1. The number of halogens is 1. The SMILES string of the molecule is Cc1cc(C)cc(NC(=O)c2c[nH]c3ccc(Cl)cc3c2=O)c1. The van der Waals surface area contributed by atoms with E-state index in [2.05, 4.69) is 10.3 Å². The maximum absolute atomic E-state index is 12.5. The van der Waals surface area contributed by atoms with Gasteiger partial charge in [0, 0.05) is 27.8 Å². The van der Waals surface area contributed by atoms with E-state index in [1.165, 1.54) is 6.20 Å². The third-order valence-electron chi connectivity index (χ3n) is 3.57. The average Bonchev–Trinajstić information content (AvgIpc) is 2.47. The summed E-state index contributed by atoms with van der Waals surface area (Å²) in [6.45, 7) is 3.90. The first kappa shape index (κ1) is 15.3. The molecule has 0 aliphatic heterocycles. The molecule has 0 unspecified atom stereocenters. The highest BCUT2D eigenvalue weighted by Gasteiger charge is 2.13. The second-order valence-corrected chi connectivity index (χ2v) is 5.99. The molecule has 0 atom stereocenters. The van der Waals surface area contributed by atoms with Gasteiger partial charge in [0.2, 0.25) is 5.43 Å². The summed E-state index contributed by atoms with van der Waals surface area (Å²) in [4.78, 5) is 27.9. The minimum absolute atomic E-state index is 0.0546. The Morgan fingerprint density at radius 2 is 1.78 bits per heavy atom. The fraction of sp³-hybridized carbons (Fsp3) is 0.111. The number of rotatable bonds is 2. The first-order chi connectivity index (χ1) is 10.9. The molecule has 4 nitrogen and oxygen atoms in total. The lowest BCUT2D eigenvalue weighted by molar-refractivity contribution is 0.102. The number of H-pyrrole nitrogens is 1. The van der Waals surface area contributed by atoms with E-state index >= 15 is 0 Å². The molecule has 116 valence electrons. The van der Waals surface area contributed by atoms with Gasteiger partial charge in [-0.15, -0.1) is 0 Å². The normalized spacial score (nSPS) is 10.7. The van der Waals surface area contributed by atoms with Crippen LogP contribution in [0.1, 0.15) is 21.5 Å². The van der Waals surface area contributed by atoms with Crippen molar-refractivity contribution in [2.75, 3.05) is 5.32 Å². The summed E-state index contributed by atoms with van der Waals surface area (Å²) in [6.07, 6.45) is 1.43. The number of nitrogens with one attached hydrogen (secondary N) is 2. The summed E-state index contributed by atoms with van der Waals surface area (Å²) >= 11 is 5.93. The Morgan fingerprint density at radius 3 is 2.48 bits per heavy atom. The molecule has 2 N–H and O–H groups in total. The van der Waals surface area contributed by atoms with E-state index in [0.717, 1.165) is 11.1 Å². The average molecular weight is 327 g/mol. The van der Waals surface area contributed by atoms with Crippen molar-refractivity contribution >= 4 is 34.1 Å². The quantitative estimate of drug-likeness (QED) is 0.746. The summed E-state index contributed by atoms with van der Waals surface area (Å²) in [7, 11) is 0. The van der Waals surface area contributed by atoms with Crippen LogP contribution in [0.4, 0.5) is 5.69 Å². The van der Waals surface area contributed by atoms with Crippen molar-refractivity contribution in [2.45, 2.75) is 13.8 Å². The van der Waals surface area contributed by atoms with E-state index in [4.69, 9.17) is 11.6 Å². The Bertz CT molecular complexity index is 956. The topological polar surface area (TPSA) is 62.0 Å². The van der Waals surface area contributed by atoms with Gasteiger partial charge in [0.15, 0.2) is 0 Å². The van der Waals surface area contributed by atoms with Crippen molar-refractivity contribution in [3.05, 3.63) is 74.5 Å². The molecule has 0 fully saturated rings. The van der Waals surface area contributed by atoms with Crippen molar-refractivity contribution < 1.29 is 4.79 Å². The summed E-state index contributed by atoms with van der Waals surface area (Å²) in [5, 5.41) is 3.62. The van der Waals surface area contributed by atoms with Crippen LogP contribution in [0.25, 0.3) is 10.9 Å². The predicted octanol–water partition coefficient (Wildman–Crippen LogP) is 4.05. The van der Waals surface area contributed by atoms with Gasteiger partial charge in [-0.3, -0.25) is 9.59 Å². The van der Waals surface area contributed by atoms with Crippen molar-refractivity contribution in [1.82, 2.24) is 4.98 Å². The van der Waals surface area contributed by atoms with Crippen LogP contribution in [0.5, 0.6) is 0 Å². The molecule has 0 aliphatic rings. The number of carbonyl (C=O) groups excluding carboxylic acids is 1. The Kier molecular flexibility index (Phi) is 3.92. The molecule has 0 bridgehead atoms. The Balaban J connectivity index is 2.01. The van der Waals surface area contributed by atoms with Crippen molar-refractivity contribution in [3.63, 3.8) is 0 Å². The van der Waals surface area contributed by atoms with E-state index in [0.29, 0.717) is 21.6 Å². The minimum Gasteiger partial charge on any atom is -0.360 e. The maximum atomic E-state index is 12.5. The Labute approximate surface area is 138 Å². The van der Waals surface area contributed by atoms with Gasteiger partial charge in [-0.2, -0.15) is 0 Å². The molecule has 5 heteroatoms. The zero-order valence-electron chi connectivity index (χ0n) is 12.7. The van der Waals surface area contributed by atoms with Crippen LogP contribution in [-0.2, 0) is 0 Å². The monoisotopic (exact) mass is 326 g/mol. The number of aromatic amines is 1. The minimum atomic E-state index is -0.446. The van der Waals surface area contributed by atoms with Crippen LogP contribution < -0.4 is 10.7 Å². The molecular weight excluding hydrogens is 312 g/mol.